The number of benzene rings is 2. The molecule has 6 nitrogen and oxygen atoms in total. The number of nitro groups is 1. The number of rotatable bonds is 7. The van der Waals surface area contributed by atoms with Crippen molar-refractivity contribution in [2.75, 3.05) is 12.4 Å². The summed E-state index contributed by atoms with van der Waals surface area (Å²) in [5.74, 6) is 1.45. The molecule has 7 heteroatoms. The molecular weight excluding hydrogens is 316 g/mol. The quantitative estimate of drug-likeness (QED) is 0.278. The number of hydrogen-bond donors (Lipinski definition) is 0. The maximum atomic E-state index is 10.6. The van der Waals surface area contributed by atoms with Gasteiger partial charge >= 0.3 is 0 Å². The second-order valence-corrected chi connectivity index (χ2v) is 5.80. The van der Waals surface area contributed by atoms with E-state index >= 15 is 0 Å². The third kappa shape index (κ3) is 4.01. The molecule has 0 saturated carbocycles. The van der Waals surface area contributed by atoms with Crippen LogP contribution in [0.25, 0.3) is 11.1 Å². The van der Waals surface area contributed by atoms with Crippen LogP contribution in [0.5, 0.6) is 5.75 Å². The van der Waals surface area contributed by atoms with E-state index in [1.54, 1.807) is 23.9 Å². The molecule has 0 bridgehead atoms. The van der Waals surface area contributed by atoms with Gasteiger partial charge in [0.2, 0.25) is 0 Å². The van der Waals surface area contributed by atoms with Gasteiger partial charge in [-0.25, -0.2) is 4.98 Å². The molecule has 3 rings (SSSR count). The molecule has 3 aromatic rings. The van der Waals surface area contributed by atoms with Gasteiger partial charge in [-0.2, -0.15) is 0 Å². The number of non-ortho nitro benzene ring substituents is 1. The highest BCUT2D eigenvalue weighted by atomic mass is 32.2. The van der Waals surface area contributed by atoms with E-state index in [1.165, 1.54) is 12.1 Å². The van der Waals surface area contributed by atoms with Crippen LogP contribution >= 0.6 is 11.8 Å². The number of nitrogens with zero attached hydrogens (tertiary/aromatic N) is 2. The fourth-order valence-corrected chi connectivity index (χ4v) is 2.73. The van der Waals surface area contributed by atoms with E-state index in [9.17, 15) is 10.1 Å². The van der Waals surface area contributed by atoms with Crippen LogP contribution in [0.4, 0.5) is 5.69 Å². The average Bonchev–Trinajstić information content (AvgIpc) is 2.97. The Morgan fingerprint density at radius 2 is 1.96 bits per heavy atom. The maximum absolute atomic E-state index is 10.6. The number of para-hydroxylation sites is 2. The van der Waals surface area contributed by atoms with E-state index in [0.29, 0.717) is 17.6 Å². The summed E-state index contributed by atoms with van der Waals surface area (Å²) in [6, 6.07) is 13.7. The SMILES string of the molecule is O=[N+]([O-])c1ccc(OCCCSc2nc3ccccc3o2)cc1. The van der Waals surface area contributed by atoms with Crippen LogP contribution < -0.4 is 4.74 Å². The number of ether oxygens (including phenoxy) is 1. The Morgan fingerprint density at radius 3 is 2.70 bits per heavy atom. The van der Waals surface area contributed by atoms with Gasteiger partial charge in [0, 0.05) is 17.9 Å². The molecule has 1 heterocycles. The largest absolute Gasteiger partial charge is 0.494 e. The van der Waals surface area contributed by atoms with Crippen LogP contribution in [0.2, 0.25) is 0 Å². The summed E-state index contributed by atoms with van der Waals surface area (Å²) in [5, 5.41) is 11.2. The van der Waals surface area contributed by atoms with Crippen LogP contribution in [-0.4, -0.2) is 22.3 Å². The van der Waals surface area contributed by atoms with Gasteiger partial charge in [0.15, 0.2) is 5.58 Å². The van der Waals surface area contributed by atoms with E-state index < -0.39 is 4.92 Å². The normalized spacial score (nSPS) is 10.8. The molecule has 0 spiro atoms. The third-order valence-electron chi connectivity index (χ3n) is 3.10. The van der Waals surface area contributed by atoms with Gasteiger partial charge in [-0.1, -0.05) is 23.9 Å². The lowest BCUT2D eigenvalue weighted by Crippen LogP contribution is -1.98. The Balaban J connectivity index is 1.42. The molecule has 0 fully saturated rings. The Hall–Kier alpha value is -2.54. The van der Waals surface area contributed by atoms with Crippen molar-refractivity contribution in [2.24, 2.45) is 0 Å². The molecule has 118 valence electrons. The monoisotopic (exact) mass is 330 g/mol. The first-order valence-corrected chi connectivity index (χ1v) is 8.06. The molecule has 0 aliphatic heterocycles. The highest BCUT2D eigenvalue weighted by Gasteiger charge is 2.06. The zero-order valence-corrected chi connectivity index (χ0v) is 13.0. The summed E-state index contributed by atoms with van der Waals surface area (Å²) in [5.41, 5.74) is 1.71. The van der Waals surface area contributed by atoms with E-state index in [4.69, 9.17) is 9.15 Å². The predicted octanol–water partition coefficient (Wildman–Crippen LogP) is 4.30. The molecule has 2 aromatic carbocycles. The van der Waals surface area contributed by atoms with Crippen molar-refractivity contribution in [2.45, 2.75) is 11.6 Å². The van der Waals surface area contributed by atoms with Crippen LogP contribution in [0.1, 0.15) is 6.42 Å². The van der Waals surface area contributed by atoms with Crippen LogP contribution in [0.3, 0.4) is 0 Å². The van der Waals surface area contributed by atoms with Crippen molar-refractivity contribution in [3.05, 3.63) is 58.6 Å². The first-order chi connectivity index (χ1) is 11.2. The summed E-state index contributed by atoms with van der Waals surface area (Å²) in [4.78, 5) is 14.5. The topological polar surface area (TPSA) is 78.4 Å². The molecular formula is C16H14N2O4S. The first-order valence-electron chi connectivity index (χ1n) is 7.08. The van der Waals surface area contributed by atoms with Crippen LogP contribution in [-0.2, 0) is 0 Å². The van der Waals surface area contributed by atoms with Gasteiger partial charge in [-0.05, 0) is 30.7 Å². The zero-order valence-electron chi connectivity index (χ0n) is 12.2. The minimum absolute atomic E-state index is 0.0591. The molecule has 0 aliphatic carbocycles. The molecule has 0 aliphatic rings. The number of aromatic nitrogens is 1. The lowest BCUT2D eigenvalue weighted by molar-refractivity contribution is -0.384. The molecule has 0 radical (unpaired) electrons. The second kappa shape index (κ2) is 7.15. The Kier molecular flexibility index (Phi) is 4.77. The van der Waals surface area contributed by atoms with Crippen LogP contribution in [0, 0.1) is 10.1 Å². The Bertz CT molecular complexity index is 768. The third-order valence-corrected chi connectivity index (χ3v) is 4.02. The minimum atomic E-state index is -0.430. The average molecular weight is 330 g/mol. The van der Waals surface area contributed by atoms with Gasteiger partial charge in [0.05, 0.1) is 11.5 Å². The van der Waals surface area contributed by atoms with Crippen molar-refractivity contribution in [1.82, 2.24) is 4.98 Å². The van der Waals surface area contributed by atoms with E-state index in [-0.39, 0.29) is 5.69 Å². The fraction of sp³-hybridized carbons (Fsp3) is 0.188. The smallest absolute Gasteiger partial charge is 0.269 e. The van der Waals surface area contributed by atoms with E-state index in [0.717, 1.165) is 23.3 Å². The number of thioether (sulfide) groups is 1. The van der Waals surface area contributed by atoms with Crippen molar-refractivity contribution in [3.8, 4) is 5.75 Å². The van der Waals surface area contributed by atoms with Gasteiger partial charge in [-0.15, -0.1) is 0 Å². The maximum Gasteiger partial charge on any atom is 0.269 e. The second-order valence-electron chi connectivity index (χ2n) is 4.75. The van der Waals surface area contributed by atoms with E-state index in [1.807, 2.05) is 24.3 Å². The molecule has 0 saturated heterocycles. The van der Waals surface area contributed by atoms with Gasteiger partial charge in [0.25, 0.3) is 10.9 Å². The molecule has 1 aromatic heterocycles. The first kappa shape index (κ1) is 15.4. The Morgan fingerprint density at radius 1 is 1.17 bits per heavy atom. The fourth-order valence-electron chi connectivity index (χ4n) is 1.99. The summed E-state index contributed by atoms with van der Waals surface area (Å²) in [7, 11) is 0. The predicted molar refractivity (Wildman–Crippen MR) is 87.9 cm³/mol. The summed E-state index contributed by atoms with van der Waals surface area (Å²) in [6.45, 7) is 0.533. The number of hydrogen-bond acceptors (Lipinski definition) is 6. The number of fused-ring (bicyclic) bond motifs is 1. The summed E-state index contributed by atoms with van der Waals surface area (Å²) >= 11 is 1.54. The number of nitro benzene ring substituents is 1. The molecule has 0 atom stereocenters. The number of oxazole rings is 1. The van der Waals surface area contributed by atoms with Crippen molar-refractivity contribution >= 4 is 28.5 Å². The van der Waals surface area contributed by atoms with E-state index in [2.05, 4.69) is 4.98 Å². The molecule has 0 amide bonds. The van der Waals surface area contributed by atoms with Gasteiger partial charge in [0.1, 0.15) is 11.3 Å². The van der Waals surface area contributed by atoms with Crippen molar-refractivity contribution < 1.29 is 14.1 Å². The lowest BCUT2D eigenvalue weighted by Gasteiger charge is -2.04. The highest BCUT2D eigenvalue weighted by molar-refractivity contribution is 7.99. The highest BCUT2D eigenvalue weighted by Crippen LogP contribution is 2.23. The summed E-state index contributed by atoms with van der Waals surface area (Å²) in [6.07, 6.45) is 0.820. The van der Waals surface area contributed by atoms with Gasteiger partial charge in [-0.3, -0.25) is 10.1 Å². The van der Waals surface area contributed by atoms with Crippen molar-refractivity contribution in [3.63, 3.8) is 0 Å². The summed E-state index contributed by atoms with van der Waals surface area (Å²) < 4.78 is 11.2. The van der Waals surface area contributed by atoms with Crippen LogP contribution in [0.15, 0.2) is 58.2 Å². The standard InChI is InChI=1S/C16H14N2O4S/c19-18(20)12-6-8-13(9-7-12)21-10-3-11-23-16-17-14-4-1-2-5-15(14)22-16/h1-2,4-9H,3,10-11H2. The lowest BCUT2D eigenvalue weighted by atomic mass is 10.3. The molecule has 0 unspecified atom stereocenters. The van der Waals surface area contributed by atoms with Crippen molar-refractivity contribution in [1.29, 1.82) is 0 Å². The minimum Gasteiger partial charge on any atom is -0.494 e. The Labute approximate surface area is 136 Å². The zero-order chi connectivity index (χ0) is 16.1. The molecule has 0 N–H and O–H groups in total. The molecule has 23 heavy (non-hydrogen) atoms. The van der Waals surface area contributed by atoms with Gasteiger partial charge < -0.3 is 9.15 Å².